The third kappa shape index (κ3) is 4.49. The number of imidazole rings is 1. The summed E-state index contributed by atoms with van der Waals surface area (Å²) in [5.74, 6) is 1.65. The summed E-state index contributed by atoms with van der Waals surface area (Å²) in [6, 6.07) is 3.68. The molecule has 1 fully saturated rings. The minimum absolute atomic E-state index is 0.0858. The molecule has 0 saturated heterocycles. The van der Waals surface area contributed by atoms with E-state index in [2.05, 4.69) is 20.8 Å². The Bertz CT molecular complexity index is 917. The molecule has 1 heterocycles. The van der Waals surface area contributed by atoms with Crippen molar-refractivity contribution in [1.29, 1.82) is 0 Å². The fourth-order valence-electron chi connectivity index (χ4n) is 4.85. The Labute approximate surface area is 176 Å². The van der Waals surface area contributed by atoms with Crippen molar-refractivity contribution in [3.05, 3.63) is 29.6 Å². The number of nitrogens with zero attached hydrogens (tertiary/aromatic N) is 2. The Kier molecular flexibility index (Phi) is 6.48. The summed E-state index contributed by atoms with van der Waals surface area (Å²) in [5, 5.41) is 0. The zero-order valence-corrected chi connectivity index (χ0v) is 18.4. The summed E-state index contributed by atoms with van der Waals surface area (Å²) in [6.07, 6.45) is -0.963. The average molecular weight is 426 g/mol. The van der Waals surface area contributed by atoms with E-state index in [1.54, 1.807) is 4.57 Å². The molecule has 1 aromatic carbocycles. The number of hydrogen-bond donors (Lipinski definition) is 0. The van der Waals surface area contributed by atoms with Gasteiger partial charge < -0.3 is 4.74 Å². The predicted octanol–water partition coefficient (Wildman–Crippen LogP) is 5.05. The van der Waals surface area contributed by atoms with Crippen LogP contribution in [0.3, 0.4) is 0 Å². The number of ether oxygens (including phenoxy) is 1. The van der Waals surface area contributed by atoms with Gasteiger partial charge in [-0.1, -0.05) is 34.1 Å². The molecule has 0 radical (unpaired) electrons. The van der Waals surface area contributed by atoms with Crippen LogP contribution in [0, 0.1) is 17.8 Å². The van der Waals surface area contributed by atoms with E-state index in [0.717, 1.165) is 37.2 Å². The largest absolute Gasteiger partial charge is 0.459 e. The van der Waals surface area contributed by atoms with Crippen LogP contribution in [0.1, 0.15) is 58.3 Å². The molecular formula is C23H32F3N2O2+. The fourth-order valence-corrected chi connectivity index (χ4v) is 4.85. The molecule has 1 saturated carbocycles. The number of halogens is 3. The van der Waals surface area contributed by atoms with E-state index in [4.69, 9.17) is 4.74 Å². The zero-order valence-electron chi connectivity index (χ0n) is 18.4. The third-order valence-corrected chi connectivity index (χ3v) is 6.50. The predicted molar refractivity (Wildman–Crippen MR) is 109 cm³/mol. The van der Waals surface area contributed by atoms with Gasteiger partial charge >= 0.3 is 12.1 Å². The Morgan fingerprint density at radius 3 is 2.60 bits per heavy atom. The number of aromatic nitrogens is 2. The lowest BCUT2D eigenvalue weighted by Crippen LogP contribution is -2.37. The second-order valence-electron chi connectivity index (χ2n) is 8.97. The first-order chi connectivity index (χ1) is 14.0. The maximum atomic E-state index is 13.3. The second-order valence-corrected chi connectivity index (χ2v) is 8.97. The van der Waals surface area contributed by atoms with Crippen LogP contribution in [0.15, 0.2) is 18.2 Å². The molecule has 0 amide bonds. The molecule has 3 rings (SSSR count). The van der Waals surface area contributed by atoms with Crippen molar-refractivity contribution >= 4 is 17.0 Å². The van der Waals surface area contributed by atoms with Crippen molar-refractivity contribution in [1.82, 2.24) is 4.57 Å². The monoisotopic (exact) mass is 425 g/mol. The summed E-state index contributed by atoms with van der Waals surface area (Å²) in [6.45, 7) is 8.31. The molecule has 0 aliphatic heterocycles. The second kappa shape index (κ2) is 8.60. The fraction of sp³-hybridized carbons (Fsp3) is 0.652. The minimum Gasteiger partial charge on any atom is -0.459 e. The third-order valence-electron chi connectivity index (χ3n) is 6.50. The summed E-state index contributed by atoms with van der Waals surface area (Å²) in [7, 11) is 1.81. The zero-order chi connectivity index (χ0) is 22.2. The molecular weight excluding hydrogens is 393 g/mol. The van der Waals surface area contributed by atoms with Crippen LogP contribution in [-0.4, -0.2) is 16.6 Å². The van der Waals surface area contributed by atoms with Gasteiger partial charge in [-0.2, -0.15) is 13.2 Å². The summed E-state index contributed by atoms with van der Waals surface area (Å²) in [5.41, 5.74) is 0.351. The molecule has 2 aromatic rings. The molecule has 0 spiro atoms. The highest BCUT2D eigenvalue weighted by Crippen LogP contribution is 2.36. The quantitative estimate of drug-likeness (QED) is 0.496. The molecule has 3 atom stereocenters. The smallest absolute Gasteiger partial charge is 0.416 e. The first-order valence-corrected chi connectivity index (χ1v) is 10.8. The van der Waals surface area contributed by atoms with Crippen LogP contribution in [0.25, 0.3) is 11.0 Å². The van der Waals surface area contributed by atoms with E-state index in [1.165, 1.54) is 6.07 Å². The molecule has 7 heteroatoms. The van der Waals surface area contributed by atoms with E-state index < -0.39 is 11.7 Å². The lowest BCUT2D eigenvalue weighted by Gasteiger charge is -2.36. The summed E-state index contributed by atoms with van der Waals surface area (Å²) >= 11 is 0. The van der Waals surface area contributed by atoms with Crippen molar-refractivity contribution in [3.63, 3.8) is 0 Å². The van der Waals surface area contributed by atoms with Gasteiger partial charge in [0.05, 0.1) is 12.6 Å². The number of esters is 1. The van der Waals surface area contributed by atoms with Gasteiger partial charge in [-0.15, -0.1) is 0 Å². The number of aryl methyl sites for hydroxylation is 1. The molecule has 0 bridgehead atoms. The highest BCUT2D eigenvalue weighted by Gasteiger charge is 2.36. The van der Waals surface area contributed by atoms with Crippen LogP contribution in [0.2, 0.25) is 0 Å². The number of hydrogen-bond acceptors (Lipinski definition) is 2. The number of fused-ring (bicyclic) bond motifs is 1. The first kappa shape index (κ1) is 22.6. The molecule has 4 nitrogen and oxygen atoms in total. The highest BCUT2D eigenvalue weighted by atomic mass is 19.4. The molecule has 30 heavy (non-hydrogen) atoms. The van der Waals surface area contributed by atoms with E-state index >= 15 is 0 Å². The Morgan fingerprint density at radius 1 is 1.30 bits per heavy atom. The molecule has 1 aliphatic carbocycles. The SMILES string of the molecule is CCc1n(CC(=O)O[C@@H]2C[C@H](C)CC[C@H]2C(C)C)c2cc(C(F)(F)F)ccc2[n+]1C. The van der Waals surface area contributed by atoms with E-state index in [9.17, 15) is 18.0 Å². The number of carbonyl (C=O) groups excluding carboxylic acids is 1. The van der Waals surface area contributed by atoms with Gasteiger partial charge in [-0.3, -0.25) is 0 Å². The number of benzene rings is 1. The van der Waals surface area contributed by atoms with Crippen molar-refractivity contribution < 1.29 is 27.3 Å². The molecule has 0 unspecified atom stereocenters. The normalized spacial score (nSPS) is 22.6. The van der Waals surface area contributed by atoms with Crippen molar-refractivity contribution in [2.24, 2.45) is 24.8 Å². The van der Waals surface area contributed by atoms with E-state index in [1.807, 2.05) is 18.5 Å². The summed E-state index contributed by atoms with van der Waals surface area (Å²) < 4.78 is 49.2. The van der Waals surface area contributed by atoms with Crippen LogP contribution in [-0.2, 0) is 35.7 Å². The lowest BCUT2D eigenvalue weighted by atomic mass is 9.75. The molecule has 0 N–H and O–H groups in total. The van der Waals surface area contributed by atoms with Gasteiger partial charge in [-0.05, 0) is 42.7 Å². The molecule has 1 aromatic heterocycles. The van der Waals surface area contributed by atoms with Gasteiger partial charge in [0.2, 0.25) is 0 Å². The lowest BCUT2D eigenvalue weighted by molar-refractivity contribution is -0.653. The Balaban J connectivity index is 1.91. The van der Waals surface area contributed by atoms with E-state index in [-0.39, 0.29) is 18.6 Å². The standard InChI is InChI=1S/C23H32F3N2O2/c1-6-21-27(5)18-10-8-16(23(24,25)26)12-19(18)28(21)13-22(29)30-20-11-15(4)7-9-17(20)14(2)3/h8,10,12,14-15,17,20H,6-7,9,11,13H2,1-5H3/q+1/t15-,17+,20-/m1/s1. The van der Waals surface area contributed by atoms with Gasteiger partial charge in [0.25, 0.3) is 5.82 Å². The van der Waals surface area contributed by atoms with Crippen LogP contribution in [0.4, 0.5) is 13.2 Å². The Morgan fingerprint density at radius 2 is 2.00 bits per heavy atom. The van der Waals surface area contributed by atoms with Crippen LogP contribution in [0.5, 0.6) is 0 Å². The molecule has 1 aliphatic rings. The van der Waals surface area contributed by atoms with E-state index in [0.29, 0.717) is 35.2 Å². The summed E-state index contributed by atoms with van der Waals surface area (Å²) in [4.78, 5) is 12.9. The van der Waals surface area contributed by atoms with Crippen molar-refractivity contribution in [2.75, 3.05) is 0 Å². The maximum Gasteiger partial charge on any atom is 0.416 e. The highest BCUT2D eigenvalue weighted by molar-refractivity contribution is 5.77. The molecule has 166 valence electrons. The number of rotatable bonds is 5. The van der Waals surface area contributed by atoms with Gasteiger partial charge in [0.1, 0.15) is 6.10 Å². The average Bonchev–Trinajstić information content (AvgIpc) is 2.91. The minimum atomic E-state index is -4.43. The van der Waals surface area contributed by atoms with Crippen LogP contribution < -0.4 is 4.57 Å². The number of alkyl halides is 3. The van der Waals surface area contributed by atoms with Gasteiger partial charge in [-0.25, -0.2) is 13.9 Å². The first-order valence-electron chi connectivity index (χ1n) is 10.8. The van der Waals surface area contributed by atoms with Crippen LogP contribution >= 0.6 is 0 Å². The topological polar surface area (TPSA) is 35.1 Å². The Hall–Kier alpha value is -2.05. The van der Waals surface area contributed by atoms with Gasteiger partial charge in [0, 0.05) is 12.5 Å². The maximum absolute atomic E-state index is 13.3. The number of carbonyl (C=O) groups is 1. The van der Waals surface area contributed by atoms with Crippen molar-refractivity contribution in [3.8, 4) is 0 Å². The van der Waals surface area contributed by atoms with Crippen molar-refractivity contribution in [2.45, 2.75) is 72.2 Å². The van der Waals surface area contributed by atoms with Gasteiger partial charge in [0.15, 0.2) is 17.6 Å².